The summed E-state index contributed by atoms with van der Waals surface area (Å²) in [6.07, 6.45) is 2.27. The van der Waals surface area contributed by atoms with Gasteiger partial charge >= 0.3 is 0 Å². The first-order chi connectivity index (χ1) is 7.72. The summed E-state index contributed by atoms with van der Waals surface area (Å²) >= 11 is 0. The molecule has 0 fully saturated rings. The molecule has 0 bridgehead atoms. The molecule has 1 amide bonds. The lowest BCUT2D eigenvalue weighted by Gasteiger charge is -2.24. The summed E-state index contributed by atoms with van der Waals surface area (Å²) < 4.78 is 0. The number of hydrogen-bond acceptors (Lipinski definition) is 4. The van der Waals surface area contributed by atoms with Gasteiger partial charge in [-0.15, -0.1) is 0 Å². The fraction of sp³-hybridized carbons (Fsp3) is 0.700. The zero-order valence-corrected chi connectivity index (χ0v) is 9.31. The van der Waals surface area contributed by atoms with Gasteiger partial charge in [-0.3, -0.25) is 4.79 Å². The molecule has 6 nitrogen and oxygen atoms in total. The minimum absolute atomic E-state index is 0.00414. The largest absolute Gasteiger partial charge is 0.395 e. The lowest BCUT2D eigenvalue weighted by molar-refractivity contribution is -0.135. The molecule has 0 aromatic carbocycles. The summed E-state index contributed by atoms with van der Waals surface area (Å²) in [6.45, 7) is 0.394. The molecule has 6 heteroatoms. The second kappa shape index (κ2) is 4.61. The van der Waals surface area contributed by atoms with Gasteiger partial charge in [-0.25, -0.2) is 0 Å². The molecule has 0 saturated carbocycles. The smallest absolute Gasteiger partial charge is 0.225 e. The third-order valence-electron chi connectivity index (χ3n) is 3.03. The number of H-pyrrole nitrogens is 1. The summed E-state index contributed by atoms with van der Waals surface area (Å²) in [6, 6.07) is 0. The van der Waals surface area contributed by atoms with Crippen molar-refractivity contribution in [3.8, 4) is 0 Å². The molecule has 1 aromatic rings. The Bertz CT molecular complexity index is 377. The predicted molar refractivity (Wildman–Crippen MR) is 56.6 cm³/mol. The lowest BCUT2D eigenvalue weighted by atomic mass is 9.89. The number of hydrogen-bond donors (Lipinski definition) is 2. The highest BCUT2D eigenvalue weighted by molar-refractivity contribution is 5.79. The van der Waals surface area contributed by atoms with E-state index in [4.69, 9.17) is 5.11 Å². The van der Waals surface area contributed by atoms with Crippen molar-refractivity contribution in [1.82, 2.24) is 20.3 Å². The van der Waals surface area contributed by atoms with Crippen LogP contribution in [0, 0.1) is 5.92 Å². The molecule has 2 rings (SSSR count). The molecule has 1 aliphatic rings. The Balaban J connectivity index is 2.00. The van der Waals surface area contributed by atoms with Crippen molar-refractivity contribution in [3.63, 3.8) is 0 Å². The standard InChI is InChI=1S/C10H16N4O2/c1-14(4-5-15)10(16)7-2-3-8-9(6-7)12-13-11-8/h7,15H,2-6H2,1H3,(H,11,12,13). The van der Waals surface area contributed by atoms with E-state index >= 15 is 0 Å². The highest BCUT2D eigenvalue weighted by atomic mass is 16.3. The zero-order chi connectivity index (χ0) is 11.5. The van der Waals surface area contributed by atoms with Gasteiger partial charge in [-0.1, -0.05) is 0 Å². The summed E-state index contributed by atoms with van der Waals surface area (Å²) in [5.41, 5.74) is 1.89. The lowest BCUT2D eigenvalue weighted by Crippen LogP contribution is -2.37. The Morgan fingerprint density at radius 2 is 2.31 bits per heavy atom. The number of aromatic amines is 1. The molecular formula is C10H16N4O2. The van der Waals surface area contributed by atoms with Crippen LogP contribution in [0.15, 0.2) is 0 Å². The van der Waals surface area contributed by atoms with Crippen LogP contribution in [-0.4, -0.2) is 51.5 Å². The van der Waals surface area contributed by atoms with E-state index in [2.05, 4.69) is 15.4 Å². The second-order valence-electron chi connectivity index (χ2n) is 4.14. The van der Waals surface area contributed by atoms with Gasteiger partial charge < -0.3 is 10.0 Å². The molecule has 0 saturated heterocycles. The molecule has 88 valence electrons. The van der Waals surface area contributed by atoms with Crippen molar-refractivity contribution in [2.75, 3.05) is 20.2 Å². The van der Waals surface area contributed by atoms with Crippen LogP contribution < -0.4 is 0 Å². The first-order valence-corrected chi connectivity index (χ1v) is 5.46. The Labute approximate surface area is 93.6 Å². The highest BCUT2D eigenvalue weighted by Gasteiger charge is 2.28. The van der Waals surface area contributed by atoms with E-state index in [9.17, 15) is 4.79 Å². The third kappa shape index (κ3) is 2.06. The molecule has 0 spiro atoms. The van der Waals surface area contributed by atoms with Crippen LogP contribution in [0.5, 0.6) is 0 Å². The van der Waals surface area contributed by atoms with E-state index in [0.29, 0.717) is 13.0 Å². The highest BCUT2D eigenvalue weighted by Crippen LogP contribution is 2.23. The number of rotatable bonds is 3. The van der Waals surface area contributed by atoms with Crippen molar-refractivity contribution < 1.29 is 9.90 Å². The molecule has 1 atom stereocenters. The number of aryl methyl sites for hydroxylation is 1. The summed E-state index contributed by atoms with van der Waals surface area (Å²) in [5, 5.41) is 19.4. The quantitative estimate of drug-likeness (QED) is 0.715. The molecule has 0 aliphatic heterocycles. The molecule has 16 heavy (non-hydrogen) atoms. The summed E-state index contributed by atoms with van der Waals surface area (Å²) in [7, 11) is 1.72. The Morgan fingerprint density at radius 1 is 1.56 bits per heavy atom. The molecule has 0 radical (unpaired) electrons. The van der Waals surface area contributed by atoms with E-state index in [1.165, 1.54) is 0 Å². The van der Waals surface area contributed by atoms with E-state index in [1.54, 1.807) is 11.9 Å². The van der Waals surface area contributed by atoms with Crippen LogP contribution >= 0.6 is 0 Å². The van der Waals surface area contributed by atoms with Crippen LogP contribution in [0.25, 0.3) is 0 Å². The van der Waals surface area contributed by atoms with Gasteiger partial charge in [0, 0.05) is 25.9 Å². The van der Waals surface area contributed by atoms with Gasteiger partial charge in [-0.05, 0) is 12.8 Å². The summed E-state index contributed by atoms with van der Waals surface area (Å²) in [4.78, 5) is 13.6. The van der Waals surface area contributed by atoms with Gasteiger partial charge in [0.1, 0.15) is 0 Å². The number of carbonyl (C=O) groups excluding carboxylic acids is 1. The van der Waals surface area contributed by atoms with Crippen LogP contribution in [0.1, 0.15) is 17.8 Å². The van der Waals surface area contributed by atoms with Crippen molar-refractivity contribution in [3.05, 3.63) is 11.4 Å². The second-order valence-corrected chi connectivity index (χ2v) is 4.14. The minimum atomic E-state index is -0.0193. The van der Waals surface area contributed by atoms with Crippen LogP contribution in [0.2, 0.25) is 0 Å². The van der Waals surface area contributed by atoms with Gasteiger partial charge in [0.15, 0.2) is 0 Å². The van der Waals surface area contributed by atoms with Crippen LogP contribution in [-0.2, 0) is 17.6 Å². The Kier molecular flexibility index (Phi) is 3.19. The normalized spacial score (nSPS) is 19.2. The molecule has 1 unspecified atom stereocenters. The van der Waals surface area contributed by atoms with Crippen LogP contribution in [0.3, 0.4) is 0 Å². The Hall–Kier alpha value is -1.43. The van der Waals surface area contributed by atoms with E-state index < -0.39 is 0 Å². The Morgan fingerprint density at radius 3 is 3.06 bits per heavy atom. The number of likely N-dealkylation sites (N-methyl/N-ethyl adjacent to an activating group) is 1. The van der Waals surface area contributed by atoms with Crippen molar-refractivity contribution >= 4 is 5.91 Å². The summed E-state index contributed by atoms with van der Waals surface area (Å²) in [5.74, 6) is 0.0665. The molecular weight excluding hydrogens is 208 g/mol. The van der Waals surface area contributed by atoms with Gasteiger partial charge in [0.2, 0.25) is 5.91 Å². The van der Waals surface area contributed by atoms with E-state index in [-0.39, 0.29) is 18.4 Å². The fourth-order valence-corrected chi connectivity index (χ4v) is 2.07. The zero-order valence-electron chi connectivity index (χ0n) is 9.31. The van der Waals surface area contributed by atoms with Gasteiger partial charge in [0.05, 0.1) is 18.0 Å². The number of nitrogens with zero attached hydrogens (tertiary/aromatic N) is 3. The maximum Gasteiger partial charge on any atom is 0.225 e. The van der Waals surface area contributed by atoms with E-state index in [1.807, 2.05) is 0 Å². The SMILES string of the molecule is CN(CCO)C(=O)C1CCc2n[nH]nc2C1. The number of nitrogens with one attached hydrogen (secondary N) is 1. The number of amides is 1. The van der Waals surface area contributed by atoms with E-state index in [0.717, 1.165) is 24.2 Å². The number of carbonyl (C=O) groups is 1. The van der Waals surface area contributed by atoms with Gasteiger partial charge in [0.25, 0.3) is 0 Å². The molecule has 1 aromatic heterocycles. The van der Waals surface area contributed by atoms with Crippen molar-refractivity contribution in [1.29, 1.82) is 0 Å². The number of aliphatic hydroxyl groups excluding tert-OH is 1. The number of aromatic nitrogens is 3. The number of fused-ring (bicyclic) bond motifs is 1. The average molecular weight is 224 g/mol. The maximum atomic E-state index is 12.0. The monoisotopic (exact) mass is 224 g/mol. The topological polar surface area (TPSA) is 82.1 Å². The molecule has 1 heterocycles. The predicted octanol–water partition coefficient (Wildman–Crippen LogP) is -0.640. The maximum absolute atomic E-state index is 12.0. The third-order valence-corrected chi connectivity index (χ3v) is 3.03. The molecule has 1 aliphatic carbocycles. The van der Waals surface area contributed by atoms with Crippen molar-refractivity contribution in [2.24, 2.45) is 5.92 Å². The van der Waals surface area contributed by atoms with Crippen molar-refractivity contribution in [2.45, 2.75) is 19.3 Å². The number of aliphatic hydroxyl groups is 1. The average Bonchev–Trinajstić information content (AvgIpc) is 2.75. The van der Waals surface area contributed by atoms with Crippen LogP contribution in [0.4, 0.5) is 0 Å². The van der Waals surface area contributed by atoms with Gasteiger partial charge in [-0.2, -0.15) is 15.4 Å². The first kappa shape index (κ1) is 11.1. The fourth-order valence-electron chi connectivity index (χ4n) is 2.07. The minimum Gasteiger partial charge on any atom is -0.395 e. The molecule has 2 N–H and O–H groups in total. The first-order valence-electron chi connectivity index (χ1n) is 5.46.